The summed E-state index contributed by atoms with van der Waals surface area (Å²) >= 11 is 0. The van der Waals surface area contributed by atoms with E-state index in [0.29, 0.717) is 17.4 Å². The van der Waals surface area contributed by atoms with Crippen LogP contribution in [0, 0.1) is 11.2 Å². The van der Waals surface area contributed by atoms with E-state index in [-0.39, 0.29) is 35.9 Å². The molecule has 0 radical (unpaired) electrons. The normalized spacial score (nSPS) is 24.0. The molecule has 2 heterocycles. The third kappa shape index (κ3) is 3.81. The Kier molecular flexibility index (Phi) is 5.54. The maximum atomic E-state index is 15.1. The molecule has 0 unspecified atom stereocenters. The Morgan fingerprint density at radius 1 is 1.37 bits per heavy atom. The van der Waals surface area contributed by atoms with Gasteiger partial charge in [-0.2, -0.15) is 8.42 Å². The molecule has 30 heavy (non-hydrogen) atoms. The molecule has 11 heteroatoms. The summed E-state index contributed by atoms with van der Waals surface area (Å²) in [6.45, 7) is 0.747. The predicted molar refractivity (Wildman–Crippen MR) is 106 cm³/mol. The van der Waals surface area contributed by atoms with Gasteiger partial charge in [0.2, 0.25) is 0 Å². The van der Waals surface area contributed by atoms with Crippen molar-refractivity contribution in [3.8, 4) is 11.5 Å². The van der Waals surface area contributed by atoms with Gasteiger partial charge in [0.05, 0.1) is 0 Å². The van der Waals surface area contributed by atoms with Gasteiger partial charge in [-0.25, -0.2) is 13.4 Å². The van der Waals surface area contributed by atoms with Crippen molar-refractivity contribution >= 4 is 21.8 Å². The van der Waals surface area contributed by atoms with Crippen LogP contribution in [0.25, 0.3) is 0 Å². The molecule has 1 aromatic carbocycles. The lowest BCUT2D eigenvalue weighted by Gasteiger charge is -2.26. The summed E-state index contributed by atoms with van der Waals surface area (Å²) in [5.74, 6) is -2.14. The van der Waals surface area contributed by atoms with Crippen molar-refractivity contribution < 1.29 is 32.6 Å². The Bertz CT molecular complexity index is 948. The van der Waals surface area contributed by atoms with Gasteiger partial charge < -0.3 is 20.3 Å². The van der Waals surface area contributed by atoms with E-state index in [1.807, 2.05) is 0 Å². The van der Waals surface area contributed by atoms with E-state index in [1.54, 1.807) is 4.72 Å². The van der Waals surface area contributed by atoms with Crippen LogP contribution in [0.2, 0.25) is 0 Å². The van der Waals surface area contributed by atoms with E-state index in [1.165, 1.54) is 6.07 Å². The Labute approximate surface area is 174 Å². The third-order valence-corrected chi connectivity index (χ3v) is 7.66. The number of aliphatic hydroxyl groups is 1. The lowest BCUT2D eigenvalue weighted by molar-refractivity contribution is -0.117. The topological polar surface area (TPSA) is 128 Å². The number of aliphatic hydroxyl groups excluding tert-OH is 1. The van der Waals surface area contributed by atoms with Crippen LogP contribution in [0.5, 0.6) is 11.5 Å². The number of anilines is 1. The number of nitrogens with zero attached hydrogens (tertiary/aromatic N) is 1. The van der Waals surface area contributed by atoms with Crippen LogP contribution < -0.4 is 19.1 Å². The summed E-state index contributed by atoms with van der Waals surface area (Å²) in [6, 6.07) is 1.19. The number of phenolic OH excluding ortho intramolecular Hbond substituents is 1. The number of hydrogen-bond acceptors (Lipinski definition) is 7. The Morgan fingerprint density at radius 2 is 2.10 bits per heavy atom. The van der Waals surface area contributed by atoms with Crippen LogP contribution in [0.3, 0.4) is 0 Å². The van der Waals surface area contributed by atoms with E-state index < -0.39 is 39.9 Å². The van der Waals surface area contributed by atoms with Gasteiger partial charge >= 0.3 is 10.2 Å². The van der Waals surface area contributed by atoms with E-state index >= 15 is 4.39 Å². The second-order valence-corrected chi connectivity index (χ2v) is 9.93. The Morgan fingerprint density at radius 3 is 2.73 bits per heavy atom. The minimum atomic E-state index is -4.24. The van der Waals surface area contributed by atoms with Gasteiger partial charge in [-0.05, 0) is 31.2 Å². The van der Waals surface area contributed by atoms with Gasteiger partial charge in [0.25, 0.3) is 5.91 Å². The monoisotopic (exact) mass is 443 g/mol. The fourth-order valence-electron chi connectivity index (χ4n) is 4.61. The minimum absolute atomic E-state index is 0.00795. The summed E-state index contributed by atoms with van der Waals surface area (Å²) in [5.41, 5.74) is -0.381. The molecule has 0 aromatic heterocycles. The van der Waals surface area contributed by atoms with Crippen molar-refractivity contribution in [2.75, 3.05) is 30.5 Å². The van der Waals surface area contributed by atoms with Gasteiger partial charge in [-0.3, -0.25) is 4.79 Å². The number of phenols is 1. The molecule has 9 nitrogen and oxygen atoms in total. The Balaban J connectivity index is 1.41. The molecule has 1 atom stereocenters. The van der Waals surface area contributed by atoms with Crippen LogP contribution in [-0.4, -0.2) is 56.9 Å². The molecule has 2 fully saturated rings. The van der Waals surface area contributed by atoms with Gasteiger partial charge in [0.15, 0.2) is 5.82 Å². The zero-order valence-corrected chi connectivity index (χ0v) is 17.3. The van der Waals surface area contributed by atoms with Crippen LogP contribution in [0.15, 0.2) is 6.07 Å². The highest BCUT2D eigenvalue weighted by atomic mass is 32.2. The first-order chi connectivity index (χ1) is 14.2. The number of rotatable bonds is 7. The van der Waals surface area contributed by atoms with Crippen molar-refractivity contribution in [1.82, 2.24) is 10.0 Å². The zero-order chi connectivity index (χ0) is 21.5. The molecule has 2 aliphatic heterocycles. The van der Waals surface area contributed by atoms with Crippen molar-refractivity contribution in [2.24, 2.45) is 5.41 Å². The molecular weight excluding hydrogens is 417 g/mol. The zero-order valence-electron chi connectivity index (χ0n) is 16.5. The SMILES string of the molecule is O=C1CN(c2c(O)cc3c(c2F)C[C@H](CNCCC2(CO)CCCC2)O3)S(=O)(=O)N1. The molecule has 1 aromatic rings. The average Bonchev–Trinajstić information content (AvgIpc) is 3.37. The summed E-state index contributed by atoms with van der Waals surface area (Å²) in [5, 5.41) is 23.2. The summed E-state index contributed by atoms with van der Waals surface area (Å²) in [4.78, 5) is 11.5. The number of nitrogens with one attached hydrogen (secondary N) is 2. The number of ether oxygens (including phenoxy) is 1. The number of halogens is 1. The first-order valence-corrected chi connectivity index (χ1v) is 11.5. The quantitative estimate of drug-likeness (QED) is 0.453. The predicted octanol–water partition coefficient (Wildman–Crippen LogP) is 0.548. The van der Waals surface area contributed by atoms with E-state index in [0.717, 1.165) is 32.1 Å². The maximum Gasteiger partial charge on any atom is 0.326 e. The van der Waals surface area contributed by atoms with Crippen LogP contribution in [-0.2, 0) is 21.4 Å². The summed E-state index contributed by atoms with van der Waals surface area (Å²) in [6.07, 6.45) is 5.04. The number of aromatic hydroxyl groups is 1. The fourth-order valence-corrected chi connectivity index (χ4v) is 5.78. The summed E-state index contributed by atoms with van der Waals surface area (Å²) in [7, 11) is -4.24. The number of carbonyl (C=O) groups excluding carboxylic acids is 1. The standard InChI is InChI=1S/C19H26FN3O6S/c20-17-13-7-12(9-21-6-5-19(11-24)3-1-2-4-19)29-15(13)8-14(25)18(17)23-10-16(26)22-30(23,27)28/h8,12,21,24-25H,1-7,9-11H2,(H,22,26)/t12-/m1/s1. The lowest BCUT2D eigenvalue weighted by Crippen LogP contribution is -2.34. The molecule has 1 aliphatic carbocycles. The molecular formula is C19H26FN3O6S. The number of carbonyl (C=O) groups is 1. The molecule has 0 spiro atoms. The molecule has 4 rings (SSSR count). The van der Waals surface area contributed by atoms with Crippen LogP contribution in [0.1, 0.15) is 37.7 Å². The number of amides is 1. The molecule has 4 N–H and O–H groups in total. The van der Waals surface area contributed by atoms with Gasteiger partial charge in [-0.1, -0.05) is 12.8 Å². The maximum absolute atomic E-state index is 15.1. The van der Waals surface area contributed by atoms with Crippen LogP contribution in [0.4, 0.5) is 10.1 Å². The molecule has 0 bridgehead atoms. The van der Waals surface area contributed by atoms with Crippen LogP contribution >= 0.6 is 0 Å². The minimum Gasteiger partial charge on any atom is -0.505 e. The molecule has 1 saturated heterocycles. The van der Waals surface area contributed by atoms with E-state index in [2.05, 4.69) is 5.32 Å². The highest BCUT2D eigenvalue weighted by molar-refractivity contribution is 7.92. The van der Waals surface area contributed by atoms with E-state index in [9.17, 15) is 23.4 Å². The average molecular weight is 443 g/mol. The Hall–Kier alpha value is -2.11. The summed E-state index contributed by atoms with van der Waals surface area (Å²) < 4.78 is 47.2. The second-order valence-electron chi connectivity index (χ2n) is 8.34. The highest BCUT2D eigenvalue weighted by Gasteiger charge is 2.40. The smallest absolute Gasteiger partial charge is 0.326 e. The number of fused-ring (bicyclic) bond motifs is 1. The molecule has 3 aliphatic rings. The number of hydrogen-bond donors (Lipinski definition) is 4. The molecule has 166 valence electrons. The lowest BCUT2D eigenvalue weighted by atomic mass is 9.84. The van der Waals surface area contributed by atoms with Gasteiger partial charge in [0.1, 0.15) is 29.8 Å². The van der Waals surface area contributed by atoms with Gasteiger partial charge in [-0.15, -0.1) is 0 Å². The fraction of sp³-hybridized carbons (Fsp3) is 0.632. The van der Waals surface area contributed by atoms with E-state index in [4.69, 9.17) is 4.74 Å². The largest absolute Gasteiger partial charge is 0.505 e. The third-order valence-electron chi connectivity index (χ3n) is 6.28. The molecule has 1 amide bonds. The first kappa shape index (κ1) is 21.1. The second kappa shape index (κ2) is 7.86. The van der Waals surface area contributed by atoms with Crippen molar-refractivity contribution in [2.45, 2.75) is 44.6 Å². The van der Waals surface area contributed by atoms with Crippen molar-refractivity contribution in [3.05, 3.63) is 17.4 Å². The first-order valence-electron chi connectivity index (χ1n) is 10.1. The van der Waals surface area contributed by atoms with Crippen molar-refractivity contribution in [3.63, 3.8) is 0 Å². The van der Waals surface area contributed by atoms with Crippen molar-refractivity contribution in [1.29, 1.82) is 0 Å². The highest BCUT2D eigenvalue weighted by Crippen LogP contribution is 2.43. The molecule has 1 saturated carbocycles. The number of benzene rings is 1. The van der Waals surface area contributed by atoms with Gasteiger partial charge in [0, 0.05) is 31.2 Å².